The Bertz CT molecular complexity index is 924. The van der Waals surface area contributed by atoms with Crippen molar-refractivity contribution in [2.24, 2.45) is 0 Å². The molecule has 1 saturated carbocycles. The molecule has 5 rings (SSSR count). The Balaban J connectivity index is 1.42. The number of fused-ring (bicyclic) bond motifs is 3. The summed E-state index contributed by atoms with van der Waals surface area (Å²) in [5, 5.41) is 5.09. The molecule has 0 radical (unpaired) electrons. The predicted molar refractivity (Wildman–Crippen MR) is 125 cm³/mol. The minimum Gasteiger partial charge on any atom is -0.493 e. The van der Waals surface area contributed by atoms with Crippen LogP contribution in [0.25, 0.3) is 10.9 Å². The summed E-state index contributed by atoms with van der Waals surface area (Å²) < 4.78 is 6.24. The molecule has 1 aromatic heterocycles. The van der Waals surface area contributed by atoms with Gasteiger partial charge in [0.05, 0.1) is 12.1 Å². The zero-order valence-corrected chi connectivity index (χ0v) is 19.0. The lowest BCUT2D eigenvalue weighted by atomic mass is 9.92. The number of benzene rings is 1. The number of nitrogens with zero attached hydrogens (tertiary/aromatic N) is 2. The quantitative estimate of drug-likeness (QED) is 0.613. The molecule has 0 amide bonds. The van der Waals surface area contributed by atoms with Crippen molar-refractivity contribution >= 4 is 16.6 Å². The van der Waals surface area contributed by atoms with Crippen LogP contribution in [0.15, 0.2) is 12.1 Å². The molecule has 3 aliphatic rings. The van der Waals surface area contributed by atoms with Crippen LogP contribution in [-0.2, 0) is 6.42 Å². The molecule has 2 fully saturated rings. The third-order valence-electron chi connectivity index (χ3n) is 7.31. The molecule has 1 aliphatic carbocycles. The van der Waals surface area contributed by atoms with Crippen LogP contribution >= 0.6 is 0 Å². The average Bonchev–Trinajstić information content (AvgIpc) is 3.45. The highest BCUT2D eigenvalue weighted by atomic mass is 16.5. The van der Waals surface area contributed by atoms with Crippen molar-refractivity contribution in [1.29, 1.82) is 0 Å². The van der Waals surface area contributed by atoms with Crippen molar-refractivity contribution in [1.82, 2.24) is 9.88 Å². The third-order valence-corrected chi connectivity index (χ3v) is 7.31. The van der Waals surface area contributed by atoms with Crippen molar-refractivity contribution in [2.75, 3.05) is 31.6 Å². The first-order valence-electron chi connectivity index (χ1n) is 12.1. The van der Waals surface area contributed by atoms with Gasteiger partial charge in [-0.25, -0.2) is 0 Å². The van der Waals surface area contributed by atoms with Gasteiger partial charge in [0.2, 0.25) is 0 Å². The van der Waals surface area contributed by atoms with E-state index >= 15 is 0 Å². The summed E-state index contributed by atoms with van der Waals surface area (Å²) in [4.78, 5) is 7.82. The number of rotatable bonds is 6. The lowest BCUT2D eigenvalue weighted by molar-refractivity contribution is 0.262. The largest absolute Gasteiger partial charge is 0.493 e. The second kappa shape index (κ2) is 8.03. The lowest BCUT2D eigenvalue weighted by Gasteiger charge is -2.19. The monoisotopic (exact) mass is 407 g/mol. The number of anilines is 1. The first-order valence-corrected chi connectivity index (χ1v) is 12.1. The second-order valence-electron chi connectivity index (χ2n) is 10.4. The Morgan fingerprint density at radius 2 is 1.90 bits per heavy atom. The number of ether oxygens (including phenoxy) is 1. The van der Waals surface area contributed by atoms with E-state index < -0.39 is 0 Å². The van der Waals surface area contributed by atoms with Gasteiger partial charge in [-0.3, -0.25) is 4.98 Å². The van der Waals surface area contributed by atoms with Crippen LogP contribution in [0, 0.1) is 6.92 Å². The molecule has 1 N–H and O–H groups in total. The zero-order valence-electron chi connectivity index (χ0n) is 19.0. The second-order valence-corrected chi connectivity index (χ2v) is 10.4. The molecule has 0 bridgehead atoms. The number of hydrogen-bond donors (Lipinski definition) is 1. The number of likely N-dealkylation sites (tertiary alicyclic amines) is 1. The van der Waals surface area contributed by atoms with Crippen molar-refractivity contribution < 1.29 is 4.74 Å². The van der Waals surface area contributed by atoms with Crippen LogP contribution in [0.4, 0.5) is 5.69 Å². The van der Waals surface area contributed by atoms with E-state index in [1.54, 1.807) is 0 Å². The maximum absolute atomic E-state index is 6.24. The van der Waals surface area contributed by atoms with E-state index in [-0.39, 0.29) is 5.54 Å². The lowest BCUT2D eigenvalue weighted by Crippen LogP contribution is -2.27. The summed E-state index contributed by atoms with van der Waals surface area (Å²) in [5.74, 6) is 1.64. The molecule has 2 aliphatic heterocycles. The molecular formula is C26H37N3O. The Labute approximate surface area is 181 Å². The van der Waals surface area contributed by atoms with Gasteiger partial charge in [0, 0.05) is 46.4 Å². The molecule has 0 spiro atoms. The van der Waals surface area contributed by atoms with Gasteiger partial charge in [0.1, 0.15) is 5.75 Å². The molecule has 0 atom stereocenters. The highest BCUT2D eigenvalue weighted by molar-refractivity contribution is 5.96. The number of hydrogen-bond acceptors (Lipinski definition) is 4. The molecule has 0 unspecified atom stereocenters. The van der Waals surface area contributed by atoms with Crippen LogP contribution in [0.1, 0.15) is 81.5 Å². The van der Waals surface area contributed by atoms with Gasteiger partial charge in [-0.2, -0.15) is 0 Å². The molecule has 2 aromatic rings. The highest BCUT2D eigenvalue weighted by Crippen LogP contribution is 2.45. The minimum absolute atomic E-state index is 0.101. The molecule has 4 heteroatoms. The Kier molecular flexibility index (Phi) is 5.38. The minimum atomic E-state index is 0.101. The van der Waals surface area contributed by atoms with Gasteiger partial charge < -0.3 is 15.0 Å². The molecule has 1 aromatic carbocycles. The smallest absolute Gasteiger partial charge is 0.124 e. The van der Waals surface area contributed by atoms with E-state index in [1.165, 1.54) is 79.5 Å². The van der Waals surface area contributed by atoms with Crippen molar-refractivity contribution in [2.45, 2.75) is 83.6 Å². The summed E-state index contributed by atoms with van der Waals surface area (Å²) in [6.07, 6.45) is 10.1. The van der Waals surface area contributed by atoms with Crippen molar-refractivity contribution in [3.63, 3.8) is 0 Å². The first-order chi connectivity index (χ1) is 14.5. The highest BCUT2D eigenvalue weighted by Gasteiger charge is 2.34. The van der Waals surface area contributed by atoms with Gasteiger partial charge in [-0.15, -0.1) is 0 Å². The molecular weight excluding hydrogens is 370 g/mol. The summed E-state index contributed by atoms with van der Waals surface area (Å²) in [6.45, 7) is 11.3. The fourth-order valence-corrected chi connectivity index (χ4v) is 5.77. The van der Waals surface area contributed by atoms with Crippen molar-refractivity contribution in [3.05, 3.63) is 29.0 Å². The predicted octanol–water partition coefficient (Wildman–Crippen LogP) is 5.81. The van der Waals surface area contributed by atoms with Crippen LogP contribution in [0.5, 0.6) is 5.75 Å². The molecule has 4 nitrogen and oxygen atoms in total. The standard InChI is InChI=1S/C26H37N3O/c1-18-15-20-22(16-23(18)30-14-8-13-29-11-6-7-12-29)27-24(19-9-4-5-10-19)21-17-26(2,3)28-25(20)21/h15-16,19,28H,4-14,17H2,1-3H3. The molecule has 162 valence electrons. The fourth-order valence-electron chi connectivity index (χ4n) is 5.77. The SMILES string of the molecule is Cc1cc2c3c(c(C4CCCC4)nc2cc1OCCCN1CCCC1)CC(C)(C)N3. The number of aryl methyl sites for hydroxylation is 1. The summed E-state index contributed by atoms with van der Waals surface area (Å²) in [6, 6.07) is 4.50. The van der Waals surface area contributed by atoms with Gasteiger partial charge in [-0.1, -0.05) is 12.8 Å². The Morgan fingerprint density at radius 1 is 1.13 bits per heavy atom. The van der Waals surface area contributed by atoms with E-state index in [4.69, 9.17) is 9.72 Å². The van der Waals surface area contributed by atoms with E-state index in [1.807, 2.05) is 0 Å². The first kappa shape index (κ1) is 20.1. The van der Waals surface area contributed by atoms with Crippen LogP contribution in [0.3, 0.4) is 0 Å². The number of aromatic nitrogens is 1. The zero-order chi connectivity index (χ0) is 20.7. The molecule has 30 heavy (non-hydrogen) atoms. The fraction of sp³-hybridized carbons (Fsp3) is 0.654. The topological polar surface area (TPSA) is 37.4 Å². The van der Waals surface area contributed by atoms with Gasteiger partial charge >= 0.3 is 0 Å². The van der Waals surface area contributed by atoms with E-state index in [9.17, 15) is 0 Å². The van der Waals surface area contributed by atoms with Crippen LogP contribution in [0.2, 0.25) is 0 Å². The Hall–Kier alpha value is -1.81. The maximum Gasteiger partial charge on any atom is 0.124 e. The Morgan fingerprint density at radius 3 is 2.67 bits per heavy atom. The summed E-state index contributed by atoms with van der Waals surface area (Å²) in [5.41, 5.74) is 6.57. The van der Waals surface area contributed by atoms with E-state index in [0.29, 0.717) is 5.92 Å². The average molecular weight is 408 g/mol. The van der Waals surface area contributed by atoms with Gasteiger partial charge in [0.25, 0.3) is 0 Å². The summed E-state index contributed by atoms with van der Waals surface area (Å²) >= 11 is 0. The van der Waals surface area contributed by atoms with Gasteiger partial charge in [0.15, 0.2) is 0 Å². The summed E-state index contributed by atoms with van der Waals surface area (Å²) in [7, 11) is 0. The molecule has 3 heterocycles. The van der Waals surface area contributed by atoms with Crippen LogP contribution in [-0.4, -0.2) is 41.7 Å². The van der Waals surface area contributed by atoms with Gasteiger partial charge in [-0.05, 0) is 84.0 Å². The van der Waals surface area contributed by atoms with Crippen molar-refractivity contribution in [3.8, 4) is 5.75 Å². The van der Waals surface area contributed by atoms with E-state index in [0.717, 1.165) is 37.3 Å². The number of nitrogens with one attached hydrogen (secondary N) is 1. The van der Waals surface area contributed by atoms with E-state index in [2.05, 4.69) is 43.1 Å². The third kappa shape index (κ3) is 3.91. The van der Waals surface area contributed by atoms with Crippen LogP contribution < -0.4 is 10.1 Å². The number of pyridine rings is 1. The normalized spacial score (nSPS) is 21.3. The molecule has 1 saturated heterocycles. The maximum atomic E-state index is 6.24.